The molecular formula is C18H31N3O4. The van der Waals surface area contributed by atoms with Crippen molar-refractivity contribution >= 4 is 12.0 Å². The van der Waals surface area contributed by atoms with E-state index in [1.54, 1.807) is 4.90 Å². The van der Waals surface area contributed by atoms with Gasteiger partial charge in [-0.1, -0.05) is 0 Å². The molecular weight excluding hydrogens is 322 g/mol. The SMILES string of the molecule is CCOC(=O)N1CCC(N2CCC[C@@H](C(=O)N3CCOCC3)C2)CC1. The molecule has 1 atom stereocenters. The van der Waals surface area contributed by atoms with Crippen LogP contribution in [-0.2, 0) is 14.3 Å². The number of carbonyl (C=O) groups excluding carboxylic acids is 2. The van der Waals surface area contributed by atoms with Crippen LogP contribution in [0.1, 0.15) is 32.6 Å². The quantitative estimate of drug-likeness (QED) is 0.762. The van der Waals surface area contributed by atoms with Crippen molar-refractivity contribution in [2.75, 3.05) is 59.1 Å². The first-order valence-corrected chi connectivity index (χ1v) is 9.71. The molecule has 3 rings (SSSR count). The van der Waals surface area contributed by atoms with E-state index >= 15 is 0 Å². The topological polar surface area (TPSA) is 62.3 Å². The van der Waals surface area contributed by atoms with Gasteiger partial charge in [-0.15, -0.1) is 0 Å². The molecule has 25 heavy (non-hydrogen) atoms. The van der Waals surface area contributed by atoms with Gasteiger partial charge in [-0.3, -0.25) is 9.69 Å². The molecule has 0 spiro atoms. The number of likely N-dealkylation sites (tertiary alicyclic amines) is 2. The molecule has 142 valence electrons. The maximum Gasteiger partial charge on any atom is 0.409 e. The molecule has 0 bridgehead atoms. The Morgan fingerprint density at radius 1 is 1.00 bits per heavy atom. The van der Waals surface area contributed by atoms with Crippen molar-refractivity contribution in [1.82, 2.24) is 14.7 Å². The lowest BCUT2D eigenvalue weighted by atomic mass is 9.93. The highest BCUT2D eigenvalue weighted by Crippen LogP contribution is 2.25. The van der Waals surface area contributed by atoms with Gasteiger partial charge >= 0.3 is 6.09 Å². The predicted molar refractivity (Wildman–Crippen MR) is 93.3 cm³/mol. The summed E-state index contributed by atoms with van der Waals surface area (Å²) in [6.45, 7) is 8.48. The van der Waals surface area contributed by atoms with Gasteiger partial charge in [0.05, 0.1) is 25.7 Å². The molecule has 3 heterocycles. The fraction of sp³-hybridized carbons (Fsp3) is 0.889. The van der Waals surface area contributed by atoms with Gasteiger partial charge in [0.1, 0.15) is 0 Å². The molecule has 0 aliphatic carbocycles. The van der Waals surface area contributed by atoms with Gasteiger partial charge in [-0.05, 0) is 39.2 Å². The van der Waals surface area contributed by atoms with E-state index in [0.29, 0.717) is 31.8 Å². The van der Waals surface area contributed by atoms with Crippen LogP contribution >= 0.6 is 0 Å². The van der Waals surface area contributed by atoms with Crippen LogP contribution in [0, 0.1) is 5.92 Å². The van der Waals surface area contributed by atoms with Crippen LogP contribution in [-0.4, -0.2) is 91.8 Å². The molecule has 3 saturated heterocycles. The summed E-state index contributed by atoms with van der Waals surface area (Å²) in [6.07, 6.45) is 3.82. The highest BCUT2D eigenvalue weighted by atomic mass is 16.6. The highest BCUT2D eigenvalue weighted by Gasteiger charge is 2.34. The average Bonchev–Trinajstić information content (AvgIpc) is 2.68. The fourth-order valence-corrected chi connectivity index (χ4v) is 4.21. The summed E-state index contributed by atoms with van der Waals surface area (Å²) in [7, 11) is 0. The molecule has 3 aliphatic rings. The second-order valence-corrected chi connectivity index (χ2v) is 7.19. The van der Waals surface area contributed by atoms with Gasteiger partial charge in [-0.25, -0.2) is 4.79 Å². The Morgan fingerprint density at radius 3 is 2.40 bits per heavy atom. The zero-order valence-corrected chi connectivity index (χ0v) is 15.3. The van der Waals surface area contributed by atoms with E-state index in [0.717, 1.165) is 65.0 Å². The Balaban J connectivity index is 1.48. The molecule has 0 radical (unpaired) electrons. The Kier molecular flexibility index (Phi) is 6.53. The number of carbonyl (C=O) groups is 2. The average molecular weight is 353 g/mol. The summed E-state index contributed by atoms with van der Waals surface area (Å²) in [6, 6.07) is 0.478. The summed E-state index contributed by atoms with van der Waals surface area (Å²) < 4.78 is 10.4. The van der Waals surface area contributed by atoms with E-state index in [1.807, 2.05) is 11.8 Å². The van der Waals surface area contributed by atoms with Gasteiger partial charge < -0.3 is 19.3 Å². The maximum atomic E-state index is 12.8. The zero-order chi connectivity index (χ0) is 17.6. The molecule has 7 nitrogen and oxygen atoms in total. The third-order valence-corrected chi connectivity index (χ3v) is 5.63. The van der Waals surface area contributed by atoms with Crippen LogP contribution in [0.4, 0.5) is 4.79 Å². The minimum absolute atomic E-state index is 0.120. The van der Waals surface area contributed by atoms with Crippen LogP contribution in [0.25, 0.3) is 0 Å². The molecule has 0 N–H and O–H groups in total. The van der Waals surface area contributed by atoms with E-state index in [-0.39, 0.29) is 12.0 Å². The molecule has 0 unspecified atom stereocenters. The lowest BCUT2D eigenvalue weighted by Gasteiger charge is -2.42. The van der Waals surface area contributed by atoms with Crippen LogP contribution < -0.4 is 0 Å². The molecule has 0 saturated carbocycles. The van der Waals surface area contributed by atoms with Crippen LogP contribution in [0.2, 0.25) is 0 Å². The Bertz CT molecular complexity index is 459. The second kappa shape index (κ2) is 8.85. The molecule has 2 amide bonds. The summed E-state index contributed by atoms with van der Waals surface area (Å²) in [5, 5.41) is 0. The third-order valence-electron chi connectivity index (χ3n) is 5.63. The molecule has 0 aromatic heterocycles. The number of hydrogen-bond acceptors (Lipinski definition) is 5. The van der Waals surface area contributed by atoms with Crippen molar-refractivity contribution in [2.24, 2.45) is 5.92 Å². The number of piperidine rings is 2. The van der Waals surface area contributed by atoms with Crippen molar-refractivity contribution in [3.63, 3.8) is 0 Å². The predicted octanol–water partition coefficient (Wildman–Crippen LogP) is 1.18. The van der Waals surface area contributed by atoms with Crippen LogP contribution in [0.15, 0.2) is 0 Å². The first-order chi connectivity index (χ1) is 12.2. The van der Waals surface area contributed by atoms with Gasteiger partial charge in [0.15, 0.2) is 0 Å². The number of ether oxygens (including phenoxy) is 2. The number of nitrogens with zero attached hydrogens (tertiary/aromatic N) is 3. The summed E-state index contributed by atoms with van der Waals surface area (Å²) >= 11 is 0. The van der Waals surface area contributed by atoms with Gasteiger partial charge in [0.25, 0.3) is 0 Å². The zero-order valence-electron chi connectivity index (χ0n) is 15.3. The fourth-order valence-electron chi connectivity index (χ4n) is 4.21. The monoisotopic (exact) mass is 353 g/mol. The van der Waals surface area contributed by atoms with Crippen LogP contribution in [0.3, 0.4) is 0 Å². The summed E-state index contributed by atoms with van der Waals surface area (Å²) in [4.78, 5) is 30.9. The molecule has 0 aromatic carbocycles. The number of rotatable bonds is 3. The number of morpholine rings is 1. The molecule has 3 fully saturated rings. The highest BCUT2D eigenvalue weighted by molar-refractivity contribution is 5.79. The van der Waals surface area contributed by atoms with Crippen molar-refractivity contribution in [2.45, 2.75) is 38.6 Å². The van der Waals surface area contributed by atoms with E-state index < -0.39 is 0 Å². The normalized spacial score (nSPS) is 26.5. The lowest BCUT2D eigenvalue weighted by molar-refractivity contribution is -0.141. The van der Waals surface area contributed by atoms with Crippen molar-refractivity contribution in [3.05, 3.63) is 0 Å². The standard InChI is InChI=1S/C18H31N3O4/c1-2-25-18(23)20-8-5-16(6-9-20)21-7-3-4-15(14-21)17(22)19-10-12-24-13-11-19/h15-16H,2-14H2,1H3/t15-/m1/s1. The minimum Gasteiger partial charge on any atom is -0.450 e. The molecule has 3 aliphatic heterocycles. The van der Waals surface area contributed by atoms with Crippen LogP contribution in [0.5, 0.6) is 0 Å². The van der Waals surface area contributed by atoms with E-state index in [1.165, 1.54) is 0 Å². The molecule has 7 heteroatoms. The first-order valence-electron chi connectivity index (χ1n) is 9.71. The second-order valence-electron chi connectivity index (χ2n) is 7.19. The van der Waals surface area contributed by atoms with E-state index in [4.69, 9.17) is 9.47 Å². The largest absolute Gasteiger partial charge is 0.450 e. The first kappa shape index (κ1) is 18.5. The Morgan fingerprint density at radius 2 is 1.72 bits per heavy atom. The van der Waals surface area contributed by atoms with Crippen molar-refractivity contribution in [3.8, 4) is 0 Å². The third kappa shape index (κ3) is 4.64. The molecule has 0 aromatic rings. The van der Waals surface area contributed by atoms with Crippen molar-refractivity contribution in [1.29, 1.82) is 0 Å². The number of amides is 2. The van der Waals surface area contributed by atoms with Crippen molar-refractivity contribution < 1.29 is 19.1 Å². The Labute approximate surface area is 150 Å². The Hall–Kier alpha value is -1.34. The number of hydrogen-bond donors (Lipinski definition) is 0. The lowest BCUT2D eigenvalue weighted by Crippen LogP contribution is -2.53. The van der Waals surface area contributed by atoms with E-state index in [2.05, 4.69) is 4.90 Å². The maximum absolute atomic E-state index is 12.8. The van der Waals surface area contributed by atoms with E-state index in [9.17, 15) is 9.59 Å². The van der Waals surface area contributed by atoms with Gasteiger partial charge in [-0.2, -0.15) is 0 Å². The smallest absolute Gasteiger partial charge is 0.409 e. The van der Waals surface area contributed by atoms with Gasteiger partial charge in [0.2, 0.25) is 5.91 Å². The summed E-state index contributed by atoms with van der Waals surface area (Å²) in [5.41, 5.74) is 0. The van der Waals surface area contributed by atoms with Gasteiger partial charge in [0, 0.05) is 38.8 Å². The minimum atomic E-state index is -0.194. The summed E-state index contributed by atoms with van der Waals surface area (Å²) in [5.74, 6) is 0.423.